The van der Waals surface area contributed by atoms with Gasteiger partial charge in [-0.25, -0.2) is 4.79 Å². The fourth-order valence-electron chi connectivity index (χ4n) is 4.09. The summed E-state index contributed by atoms with van der Waals surface area (Å²) in [6.07, 6.45) is -0.757. The lowest BCUT2D eigenvalue weighted by atomic mass is 9.77. The van der Waals surface area contributed by atoms with Gasteiger partial charge in [-0.2, -0.15) is 0 Å². The van der Waals surface area contributed by atoms with Crippen LogP contribution >= 0.6 is 0 Å². The summed E-state index contributed by atoms with van der Waals surface area (Å²) in [6.45, 7) is 24.0. The van der Waals surface area contributed by atoms with Crippen LogP contribution in [0.5, 0.6) is 11.5 Å². The molecule has 5 heteroatoms. The molecule has 0 heterocycles. The Kier molecular flexibility index (Phi) is 7.91. The molecule has 0 atom stereocenters. The molecule has 0 aliphatic rings. The van der Waals surface area contributed by atoms with E-state index in [2.05, 4.69) is 53.7 Å². The van der Waals surface area contributed by atoms with Gasteiger partial charge in [0.05, 0.1) is 6.61 Å². The maximum Gasteiger partial charge on any atom is 0.513 e. The highest BCUT2D eigenvalue weighted by atomic mass is 16.7. The monoisotopic (exact) mass is 468 g/mol. The van der Waals surface area contributed by atoms with E-state index in [-0.39, 0.29) is 17.4 Å². The minimum Gasteiger partial charge on any atom is -0.434 e. The van der Waals surface area contributed by atoms with Gasteiger partial charge in [0.15, 0.2) is 0 Å². The van der Waals surface area contributed by atoms with Crippen LogP contribution in [0.2, 0.25) is 0 Å². The molecule has 0 aliphatic carbocycles. The van der Waals surface area contributed by atoms with E-state index >= 15 is 0 Å². The molecule has 0 saturated heterocycles. The summed E-state index contributed by atoms with van der Waals surface area (Å²) in [5.74, 6) is 0.547. The summed E-state index contributed by atoms with van der Waals surface area (Å²) in [5, 5.41) is 0. The average Bonchev–Trinajstić information content (AvgIpc) is 2.67. The molecule has 0 unspecified atom stereocenters. The average molecular weight is 469 g/mol. The van der Waals surface area contributed by atoms with Crippen molar-refractivity contribution in [1.82, 2.24) is 0 Å². The van der Waals surface area contributed by atoms with E-state index in [1.165, 1.54) is 6.92 Å². The highest BCUT2D eigenvalue weighted by Crippen LogP contribution is 2.50. The van der Waals surface area contributed by atoms with Crippen LogP contribution in [0.25, 0.3) is 11.1 Å². The van der Waals surface area contributed by atoms with Gasteiger partial charge in [-0.15, -0.1) is 0 Å². The fraction of sp³-hybridized carbons (Fsp3) is 0.517. The Bertz CT molecular complexity index is 1110. The quantitative estimate of drug-likeness (QED) is 0.262. The molecule has 186 valence electrons. The first-order chi connectivity index (χ1) is 15.5. The van der Waals surface area contributed by atoms with Crippen LogP contribution < -0.4 is 9.47 Å². The first-order valence-electron chi connectivity index (χ1n) is 11.8. The maximum atomic E-state index is 12.6. The van der Waals surface area contributed by atoms with Crippen molar-refractivity contribution < 1.29 is 23.8 Å². The molecular formula is C29H40O5. The molecule has 0 spiro atoms. The predicted octanol–water partition coefficient (Wildman–Crippen LogP) is 7.64. The smallest absolute Gasteiger partial charge is 0.434 e. The minimum absolute atomic E-state index is 0.209. The van der Waals surface area contributed by atoms with Crippen molar-refractivity contribution in [3.05, 3.63) is 45.5 Å². The maximum absolute atomic E-state index is 12.6. The van der Waals surface area contributed by atoms with Gasteiger partial charge in [0.2, 0.25) is 0 Å². The summed E-state index contributed by atoms with van der Waals surface area (Å²) < 4.78 is 17.0. The first kappa shape index (κ1) is 27.4. The van der Waals surface area contributed by atoms with E-state index in [1.54, 1.807) is 6.92 Å². The SMILES string of the molecule is CCOC(=O)Oc1c(C(C)(C)C)cc(C)c(C)c1-c1c(C)c(C)cc(C(C)(C)C)c1OC(C)=O. The van der Waals surface area contributed by atoms with Crippen molar-refractivity contribution in [3.63, 3.8) is 0 Å². The zero-order valence-corrected chi connectivity index (χ0v) is 22.9. The Labute approximate surface area is 204 Å². The van der Waals surface area contributed by atoms with Crippen molar-refractivity contribution in [2.45, 2.75) is 93.9 Å². The summed E-state index contributed by atoms with van der Waals surface area (Å²) in [6, 6.07) is 4.15. The molecule has 0 aliphatic heterocycles. The molecule has 2 aromatic rings. The van der Waals surface area contributed by atoms with E-state index in [0.717, 1.165) is 44.5 Å². The number of aryl methyl sites for hydroxylation is 2. The number of carbonyl (C=O) groups excluding carboxylic acids is 2. The molecule has 0 radical (unpaired) electrons. The van der Waals surface area contributed by atoms with E-state index in [0.29, 0.717) is 11.5 Å². The normalized spacial score (nSPS) is 11.9. The number of hydrogen-bond donors (Lipinski definition) is 0. The molecule has 34 heavy (non-hydrogen) atoms. The highest BCUT2D eigenvalue weighted by molar-refractivity contribution is 5.89. The molecule has 5 nitrogen and oxygen atoms in total. The van der Waals surface area contributed by atoms with Crippen LogP contribution in [0.4, 0.5) is 4.79 Å². The van der Waals surface area contributed by atoms with Crippen LogP contribution in [0, 0.1) is 27.7 Å². The van der Waals surface area contributed by atoms with Crippen molar-refractivity contribution >= 4 is 12.1 Å². The topological polar surface area (TPSA) is 61.8 Å². The second-order valence-electron chi connectivity index (χ2n) is 11.0. The molecule has 0 saturated carbocycles. The van der Waals surface area contributed by atoms with Gasteiger partial charge in [0.1, 0.15) is 11.5 Å². The summed E-state index contributed by atoms with van der Waals surface area (Å²) in [7, 11) is 0. The lowest BCUT2D eigenvalue weighted by Crippen LogP contribution is -2.20. The lowest BCUT2D eigenvalue weighted by Gasteiger charge is -2.30. The standard InChI is InChI=1S/C29H40O5/c1-13-32-27(31)34-26-22(29(10,11)12)15-17(3)19(5)24(26)23-18(4)16(2)14-21(28(7,8)9)25(23)33-20(6)30/h14-15H,13H2,1-12H3. The molecular weight excluding hydrogens is 428 g/mol. The van der Waals surface area contributed by atoms with Gasteiger partial charge < -0.3 is 14.2 Å². The van der Waals surface area contributed by atoms with Gasteiger partial charge in [0, 0.05) is 29.2 Å². The van der Waals surface area contributed by atoms with Gasteiger partial charge in [-0.3, -0.25) is 4.79 Å². The third-order valence-electron chi connectivity index (χ3n) is 6.16. The number of carbonyl (C=O) groups is 2. The third kappa shape index (κ3) is 5.63. The molecule has 0 amide bonds. The van der Waals surface area contributed by atoms with Crippen LogP contribution in [-0.2, 0) is 20.4 Å². The molecule has 0 bridgehead atoms. The summed E-state index contributed by atoms with van der Waals surface area (Å²) in [4.78, 5) is 24.9. The number of esters is 1. The van der Waals surface area contributed by atoms with Crippen LogP contribution in [0.3, 0.4) is 0 Å². The Balaban J connectivity index is 3.17. The summed E-state index contributed by atoms with van der Waals surface area (Å²) >= 11 is 0. The Hall–Kier alpha value is -2.82. The van der Waals surface area contributed by atoms with Gasteiger partial charge in [-0.1, -0.05) is 53.7 Å². The second kappa shape index (κ2) is 9.81. The zero-order valence-electron chi connectivity index (χ0n) is 22.9. The van der Waals surface area contributed by atoms with Gasteiger partial charge >= 0.3 is 12.1 Å². The largest absolute Gasteiger partial charge is 0.513 e. The van der Waals surface area contributed by atoms with E-state index in [1.807, 2.05) is 27.7 Å². The summed E-state index contributed by atoms with van der Waals surface area (Å²) in [5.41, 5.74) is 6.75. The molecule has 2 rings (SSSR count). The zero-order chi connectivity index (χ0) is 26.2. The Morgan fingerprint density at radius 3 is 1.44 bits per heavy atom. The Morgan fingerprint density at radius 2 is 1.12 bits per heavy atom. The van der Waals surface area contributed by atoms with Crippen molar-refractivity contribution in [3.8, 4) is 22.6 Å². The molecule has 0 fully saturated rings. The number of benzene rings is 2. The fourth-order valence-corrected chi connectivity index (χ4v) is 4.09. The van der Waals surface area contributed by atoms with E-state index < -0.39 is 12.1 Å². The molecule has 0 N–H and O–H groups in total. The van der Waals surface area contributed by atoms with Crippen LogP contribution in [0.15, 0.2) is 12.1 Å². The van der Waals surface area contributed by atoms with Crippen molar-refractivity contribution in [2.24, 2.45) is 0 Å². The molecule has 2 aromatic carbocycles. The van der Waals surface area contributed by atoms with Crippen molar-refractivity contribution in [1.29, 1.82) is 0 Å². The minimum atomic E-state index is -0.757. The van der Waals surface area contributed by atoms with E-state index in [9.17, 15) is 9.59 Å². The number of rotatable bonds is 4. The number of hydrogen-bond acceptors (Lipinski definition) is 5. The number of ether oxygens (including phenoxy) is 3. The molecule has 0 aromatic heterocycles. The van der Waals surface area contributed by atoms with Gasteiger partial charge in [0.25, 0.3) is 0 Å². The van der Waals surface area contributed by atoms with Crippen LogP contribution in [-0.4, -0.2) is 18.7 Å². The van der Waals surface area contributed by atoms with Gasteiger partial charge in [-0.05, 0) is 67.7 Å². The predicted molar refractivity (Wildman–Crippen MR) is 137 cm³/mol. The Morgan fingerprint density at radius 1 is 0.735 bits per heavy atom. The third-order valence-corrected chi connectivity index (χ3v) is 6.16. The second-order valence-corrected chi connectivity index (χ2v) is 11.0. The first-order valence-corrected chi connectivity index (χ1v) is 11.8. The van der Waals surface area contributed by atoms with E-state index in [4.69, 9.17) is 14.2 Å². The lowest BCUT2D eigenvalue weighted by molar-refractivity contribution is -0.131. The van der Waals surface area contributed by atoms with Crippen molar-refractivity contribution in [2.75, 3.05) is 6.61 Å². The van der Waals surface area contributed by atoms with Crippen LogP contribution in [0.1, 0.15) is 88.8 Å². The highest BCUT2D eigenvalue weighted by Gasteiger charge is 2.32.